The van der Waals surface area contributed by atoms with Crippen LogP contribution in [0.5, 0.6) is 0 Å². The number of amides is 1. The fourth-order valence-electron chi connectivity index (χ4n) is 1.52. The minimum absolute atomic E-state index is 0.0667. The van der Waals surface area contributed by atoms with Gasteiger partial charge < -0.3 is 10.4 Å². The van der Waals surface area contributed by atoms with Gasteiger partial charge in [0, 0.05) is 18.7 Å². The van der Waals surface area contributed by atoms with E-state index >= 15 is 0 Å². The van der Waals surface area contributed by atoms with E-state index in [1.54, 1.807) is 17.8 Å². The second-order valence-electron chi connectivity index (χ2n) is 4.04. The molecule has 5 nitrogen and oxygen atoms in total. The molecule has 1 rings (SSSR count). The first kappa shape index (κ1) is 14.7. The van der Waals surface area contributed by atoms with Gasteiger partial charge in [-0.3, -0.25) is 9.48 Å². The molecule has 0 bridgehead atoms. The van der Waals surface area contributed by atoms with Gasteiger partial charge in [-0.05, 0) is 19.4 Å². The standard InChI is InChI=1S/C12H18ClN3O2/c1-4-9(7-17)14-11(18)6-5-10-8(2)15-16(3)12(10)13/h5-6,9,17H,4,7H2,1-3H3,(H,14,18)/b6-5+/t9-/m0/s1. The topological polar surface area (TPSA) is 67.2 Å². The molecule has 100 valence electrons. The zero-order valence-electron chi connectivity index (χ0n) is 10.8. The van der Waals surface area contributed by atoms with Gasteiger partial charge in [-0.2, -0.15) is 5.10 Å². The van der Waals surface area contributed by atoms with E-state index in [-0.39, 0.29) is 18.6 Å². The highest BCUT2D eigenvalue weighted by molar-refractivity contribution is 6.31. The highest BCUT2D eigenvalue weighted by atomic mass is 35.5. The number of carbonyl (C=O) groups excluding carboxylic acids is 1. The number of rotatable bonds is 5. The van der Waals surface area contributed by atoms with E-state index in [0.717, 1.165) is 11.3 Å². The second kappa shape index (κ2) is 6.56. The molecule has 1 atom stereocenters. The van der Waals surface area contributed by atoms with Crippen LogP contribution in [0.4, 0.5) is 0 Å². The SMILES string of the molecule is CC[C@@H](CO)NC(=O)/C=C/c1c(C)nn(C)c1Cl. The Morgan fingerprint density at radius 3 is 2.78 bits per heavy atom. The van der Waals surface area contributed by atoms with Crippen molar-refractivity contribution < 1.29 is 9.90 Å². The summed E-state index contributed by atoms with van der Waals surface area (Å²) in [6.45, 7) is 3.65. The van der Waals surface area contributed by atoms with E-state index in [1.165, 1.54) is 6.08 Å². The maximum absolute atomic E-state index is 11.6. The third-order valence-electron chi connectivity index (χ3n) is 2.66. The summed E-state index contributed by atoms with van der Waals surface area (Å²) >= 11 is 6.04. The number of carbonyl (C=O) groups is 1. The number of nitrogens with zero attached hydrogens (tertiary/aromatic N) is 2. The Labute approximate surface area is 111 Å². The number of aromatic nitrogens is 2. The number of nitrogens with one attached hydrogen (secondary N) is 1. The van der Waals surface area contributed by atoms with Gasteiger partial charge in [-0.25, -0.2) is 0 Å². The van der Waals surface area contributed by atoms with Crippen LogP contribution in [-0.4, -0.2) is 33.4 Å². The first-order valence-corrected chi connectivity index (χ1v) is 6.15. The number of hydrogen-bond acceptors (Lipinski definition) is 3. The highest BCUT2D eigenvalue weighted by Crippen LogP contribution is 2.19. The molecule has 0 fully saturated rings. The summed E-state index contributed by atoms with van der Waals surface area (Å²) in [4.78, 5) is 11.6. The monoisotopic (exact) mass is 271 g/mol. The number of aliphatic hydroxyl groups is 1. The van der Waals surface area contributed by atoms with Crippen LogP contribution < -0.4 is 5.32 Å². The number of halogens is 1. The Hall–Kier alpha value is -1.33. The van der Waals surface area contributed by atoms with Gasteiger partial charge in [-0.1, -0.05) is 18.5 Å². The zero-order valence-corrected chi connectivity index (χ0v) is 11.5. The van der Waals surface area contributed by atoms with Gasteiger partial charge >= 0.3 is 0 Å². The molecule has 0 unspecified atom stereocenters. The fraction of sp³-hybridized carbons (Fsp3) is 0.500. The van der Waals surface area contributed by atoms with Crippen molar-refractivity contribution in [1.29, 1.82) is 0 Å². The van der Waals surface area contributed by atoms with Crippen molar-refractivity contribution in [3.05, 3.63) is 22.5 Å². The Kier molecular flexibility index (Phi) is 5.37. The zero-order chi connectivity index (χ0) is 13.7. The van der Waals surface area contributed by atoms with Gasteiger partial charge in [0.05, 0.1) is 18.3 Å². The summed E-state index contributed by atoms with van der Waals surface area (Å²) in [7, 11) is 1.74. The molecule has 6 heteroatoms. The molecular weight excluding hydrogens is 254 g/mol. The third kappa shape index (κ3) is 3.58. The van der Waals surface area contributed by atoms with Crippen LogP contribution in [0.25, 0.3) is 6.08 Å². The van der Waals surface area contributed by atoms with Crippen LogP contribution in [0.1, 0.15) is 24.6 Å². The second-order valence-corrected chi connectivity index (χ2v) is 4.40. The smallest absolute Gasteiger partial charge is 0.244 e. The molecule has 1 heterocycles. The Morgan fingerprint density at radius 1 is 1.67 bits per heavy atom. The predicted molar refractivity (Wildman–Crippen MR) is 71.3 cm³/mol. The van der Waals surface area contributed by atoms with Crippen LogP contribution >= 0.6 is 11.6 Å². The van der Waals surface area contributed by atoms with Crippen molar-refractivity contribution in [2.75, 3.05) is 6.61 Å². The van der Waals surface area contributed by atoms with Gasteiger partial charge in [-0.15, -0.1) is 0 Å². The first-order chi connectivity index (χ1) is 8.49. The van der Waals surface area contributed by atoms with Crippen molar-refractivity contribution in [3.63, 3.8) is 0 Å². The molecule has 0 saturated heterocycles. The lowest BCUT2D eigenvalue weighted by atomic mass is 10.2. The lowest BCUT2D eigenvalue weighted by molar-refractivity contribution is -0.117. The van der Waals surface area contributed by atoms with Crippen molar-refractivity contribution in [1.82, 2.24) is 15.1 Å². The Bertz CT molecular complexity index is 450. The van der Waals surface area contributed by atoms with Crippen LogP contribution in [0, 0.1) is 6.92 Å². The summed E-state index contributed by atoms with van der Waals surface area (Å²) in [5, 5.41) is 16.3. The normalized spacial score (nSPS) is 12.9. The molecule has 0 saturated carbocycles. The third-order valence-corrected chi connectivity index (χ3v) is 3.11. The van der Waals surface area contributed by atoms with Crippen molar-refractivity contribution in [3.8, 4) is 0 Å². The van der Waals surface area contributed by atoms with Crippen LogP contribution in [0.15, 0.2) is 6.08 Å². The van der Waals surface area contributed by atoms with E-state index in [1.807, 2.05) is 13.8 Å². The Balaban J connectivity index is 2.72. The average molecular weight is 272 g/mol. The lowest BCUT2D eigenvalue weighted by Crippen LogP contribution is -2.35. The molecule has 0 aliphatic heterocycles. The lowest BCUT2D eigenvalue weighted by Gasteiger charge is -2.11. The summed E-state index contributed by atoms with van der Waals surface area (Å²) < 4.78 is 1.55. The minimum Gasteiger partial charge on any atom is -0.394 e. The first-order valence-electron chi connectivity index (χ1n) is 5.78. The van der Waals surface area contributed by atoms with Gasteiger partial charge in [0.1, 0.15) is 5.15 Å². The van der Waals surface area contributed by atoms with E-state index in [0.29, 0.717) is 11.6 Å². The fourth-order valence-corrected chi connectivity index (χ4v) is 1.76. The molecule has 0 aliphatic carbocycles. The van der Waals surface area contributed by atoms with Crippen molar-refractivity contribution in [2.24, 2.45) is 7.05 Å². The molecule has 18 heavy (non-hydrogen) atoms. The molecule has 1 amide bonds. The maximum Gasteiger partial charge on any atom is 0.244 e. The van der Waals surface area contributed by atoms with E-state index < -0.39 is 0 Å². The van der Waals surface area contributed by atoms with Gasteiger partial charge in [0.25, 0.3) is 0 Å². The van der Waals surface area contributed by atoms with Crippen LogP contribution in [0.3, 0.4) is 0 Å². The molecule has 1 aromatic rings. The molecule has 0 aliphatic rings. The van der Waals surface area contributed by atoms with Crippen molar-refractivity contribution >= 4 is 23.6 Å². The van der Waals surface area contributed by atoms with Crippen molar-refractivity contribution in [2.45, 2.75) is 26.3 Å². The number of hydrogen-bond donors (Lipinski definition) is 2. The average Bonchev–Trinajstić information content (AvgIpc) is 2.58. The highest BCUT2D eigenvalue weighted by Gasteiger charge is 2.09. The predicted octanol–water partition coefficient (Wildman–Crippen LogP) is 1.28. The number of aliphatic hydroxyl groups excluding tert-OH is 1. The summed E-state index contributed by atoms with van der Waals surface area (Å²) in [6, 6.07) is -0.215. The van der Waals surface area contributed by atoms with Crippen LogP contribution in [0.2, 0.25) is 5.15 Å². The molecule has 0 spiro atoms. The van der Waals surface area contributed by atoms with Gasteiger partial charge in [0.15, 0.2) is 0 Å². The maximum atomic E-state index is 11.6. The van der Waals surface area contributed by atoms with Gasteiger partial charge in [0.2, 0.25) is 5.91 Å². The molecule has 0 aromatic carbocycles. The van der Waals surface area contributed by atoms with E-state index in [2.05, 4.69) is 10.4 Å². The molecular formula is C12H18ClN3O2. The minimum atomic E-state index is -0.254. The Morgan fingerprint density at radius 2 is 2.33 bits per heavy atom. The largest absolute Gasteiger partial charge is 0.394 e. The summed E-state index contributed by atoms with van der Waals surface area (Å²) in [5.41, 5.74) is 1.49. The summed E-state index contributed by atoms with van der Waals surface area (Å²) in [6.07, 6.45) is 3.71. The van der Waals surface area contributed by atoms with E-state index in [4.69, 9.17) is 16.7 Å². The molecule has 2 N–H and O–H groups in total. The molecule has 1 aromatic heterocycles. The van der Waals surface area contributed by atoms with Crippen LogP contribution in [-0.2, 0) is 11.8 Å². The number of aryl methyl sites for hydroxylation is 2. The molecule has 0 radical (unpaired) electrons. The summed E-state index contributed by atoms with van der Waals surface area (Å²) in [5.74, 6) is -0.254. The van der Waals surface area contributed by atoms with E-state index in [9.17, 15) is 4.79 Å². The quantitative estimate of drug-likeness (QED) is 0.793.